The number of hydrogen-bond acceptors (Lipinski definition) is 4. The summed E-state index contributed by atoms with van der Waals surface area (Å²) in [6.07, 6.45) is 1.33. The van der Waals surface area contributed by atoms with Gasteiger partial charge in [0.15, 0.2) is 5.82 Å². The zero-order chi connectivity index (χ0) is 17.3. The van der Waals surface area contributed by atoms with E-state index in [4.69, 9.17) is 27.7 Å². The van der Waals surface area contributed by atoms with Gasteiger partial charge in [0.05, 0.1) is 10.6 Å². The summed E-state index contributed by atoms with van der Waals surface area (Å²) >= 11 is 12.0. The minimum Gasteiger partial charge on any atom is -0.360 e. The van der Waals surface area contributed by atoms with E-state index in [-0.39, 0.29) is 16.8 Å². The van der Waals surface area contributed by atoms with Crippen LogP contribution in [0.2, 0.25) is 10.0 Å². The van der Waals surface area contributed by atoms with E-state index in [2.05, 4.69) is 10.5 Å². The van der Waals surface area contributed by atoms with Crippen LogP contribution in [0.15, 0.2) is 28.8 Å². The van der Waals surface area contributed by atoms with E-state index in [0.29, 0.717) is 35.1 Å². The average molecular weight is 368 g/mol. The number of carbonyl (C=O) groups is 2. The molecule has 24 heavy (non-hydrogen) atoms. The van der Waals surface area contributed by atoms with Crippen molar-refractivity contribution in [3.8, 4) is 0 Å². The van der Waals surface area contributed by atoms with Crippen LogP contribution in [0.25, 0.3) is 0 Å². The summed E-state index contributed by atoms with van der Waals surface area (Å²) in [5.41, 5.74) is 0.332. The molecule has 1 aliphatic heterocycles. The Morgan fingerprint density at radius 2 is 2.12 bits per heavy atom. The fraction of sp³-hybridized carbons (Fsp3) is 0.312. The summed E-state index contributed by atoms with van der Waals surface area (Å²) < 4.78 is 4.92. The van der Waals surface area contributed by atoms with Crippen molar-refractivity contribution < 1.29 is 14.1 Å². The Kier molecular flexibility index (Phi) is 4.78. The van der Waals surface area contributed by atoms with Gasteiger partial charge in [-0.15, -0.1) is 0 Å². The molecule has 1 fully saturated rings. The number of halogens is 2. The number of likely N-dealkylation sites (tertiary alicyclic amines) is 1. The van der Waals surface area contributed by atoms with E-state index in [0.717, 1.165) is 6.42 Å². The second-order valence-corrected chi connectivity index (χ2v) is 6.44. The predicted molar refractivity (Wildman–Crippen MR) is 90.4 cm³/mol. The molecule has 6 nitrogen and oxygen atoms in total. The third-order valence-corrected chi connectivity index (χ3v) is 4.40. The number of hydrogen-bond donors (Lipinski definition) is 1. The molecular weight excluding hydrogens is 353 g/mol. The molecule has 1 atom stereocenters. The van der Waals surface area contributed by atoms with Crippen LogP contribution in [0.5, 0.6) is 0 Å². The van der Waals surface area contributed by atoms with Gasteiger partial charge in [0.2, 0.25) is 5.91 Å². The number of nitrogens with one attached hydrogen (secondary N) is 1. The van der Waals surface area contributed by atoms with Gasteiger partial charge in [-0.3, -0.25) is 9.59 Å². The minimum absolute atomic E-state index is 0.269. The number of carbonyl (C=O) groups excluding carboxylic acids is 2. The van der Waals surface area contributed by atoms with Crippen molar-refractivity contribution in [2.45, 2.75) is 25.8 Å². The number of benzene rings is 1. The van der Waals surface area contributed by atoms with Crippen molar-refractivity contribution >= 4 is 40.8 Å². The lowest BCUT2D eigenvalue weighted by atomic mass is 10.1. The first-order chi connectivity index (χ1) is 11.5. The summed E-state index contributed by atoms with van der Waals surface area (Å²) in [4.78, 5) is 26.7. The maximum atomic E-state index is 12.7. The van der Waals surface area contributed by atoms with Crippen molar-refractivity contribution in [1.82, 2.24) is 10.1 Å². The first-order valence-corrected chi connectivity index (χ1v) is 8.21. The van der Waals surface area contributed by atoms with Gasteiger partial charge in [0.25, 0.3) is 5.91 Å². The molecule has 0 bridgehead atoms. The van der Waals surface area contributed by atoms with Gasteiger partial charge < -0.3 is 14.7 Å². The van der Waals surface area contributed by atoms with Crippen LogP contribution in [0.4, 0.5) is 5.82 Å². The van der Waals surface area contributed by atoms with Gasteiger partial charge in [0, 0.05) is 17.6 Å². The van der Waals surface area contributed by atoms with Crippen LogP contribution in [0.3, 0.4) is 0 Å². The Bertz CT molecular complexity index is 791. The fourth-order valence-corrected chi connectivity index (χ4v) is 3.22. The quantitative estimate of drug-likeness (QED) is 0.899. The van der Waals surface area contributed by atoms with Crippen molar-refractivity contribution in [3.05, 3.63) is 45.6 Å². The maximum absolute atomic E-state index is 12.7. The smallest absolute Gasteiger partial charge is 0.256 e. The largest absolute Gasteiger partial charge is 0.360 e. The van der Waals surface area contributed by atoms with Crippen molar-refractivity contribution in [2.24, 2.45) is 0 Å². The number of rotatable bonds is 3. The summed E-state index contributed by atoms with van der Waals surface area (Å²) in [6, 6.07) is 5.74. The van der Waals surface area contributed by atoms with E-state index in [1.807, 2.05) is 0 Å². The molecule has 2 heterocycles. The first kappa shape index (κ1) is 16.8. The molecule has 1 aromatic carbocycles. The molecule has 0 spiro atoms. The highest BCUT2D eigenvalue weighted by molar-refractivity contribution is 6.36. The molecule has 0 radical (unpaired) electrons. The number of aromatic nitrogens is 1. The second-order valence-electron chi connectivity index (χ2n) is 5.59. The molecule has 8 heteroatoms. The third kappa shape index (κ3) is 3.39. The number of aryl methyl sites for hydroxylation is 1. The van der Waals surface area contributed by atoms with Crippen molar-refractivity contribution in [3.63, 3.8) is 0 Å². The maximum Gasteiger partial charge on any atom is 0.256 e. The number of amides is 2. The first-order valence-electron chi connectivity index (χ1n) is 7.46. The molecule has 1 aliphatic rings. The van der Waals surface area contributed by atoms with E-state index in [9.17, 15) is 9.59 Å². The third-order valence-electron chi connectivity index (χ3n) is 3.86. The Morgan fingerprint density at radius 3 is 2.79 bits per heavy atom. The molecule has 1 N–H and O–H groups in total. The lowest BCUT2D eigenvalue weighted by molar-refractivity contribution is -0.119. The average Bonchev–Trinajstić information content (AvgIpc) is 3.15. The zero-order valence-electron chi connectivity index (χ0n) is 12.9. The minimum atomic E-state index is -0.568. The van der Waals surface area contributed by atoms with Gasteiger partial charge in [-0.05, 0) is 38.0 Å². The molecule has 2 amide bonds. The summed E-state index contributed by atoms with van der Waals surface area (Å²) in [6.45, 7) is 2.23. The Balaban J connectivity index is 1.77. The van der Waals surface area contributed by atoms with E-state index in [1.54, 1.807) is 25.1 Å². The van der Waals surface area contributed by atoms with Crippen LogP contribution in [0.1, 0.15) is 29.0 Å². The normalized spacial score (nSPS) is 17.1. The van der Waals surface area contributed by atoms with Crippen LogP contribution in [-0.2, 0) is 4.79 Å². The molecule has 3 rings (SSSR count). The van der Waals surface area contributed by atoms with Crippen LogP contribution < -0.4 is 5.32 Å². The van der Waals surface area contributed by atoms with E-state index >= 15 is 0 Å². The number of anilines is 1. The number of nitrogens with zero attached hydrogens (tertiary/aromatic N) is 2. The molecule has 0 aliphatic carbocycles. The lowest BCUT2D eigenvalue weighted by Crippen LogP contribution is -2.43. The molecule has 0 saturated carbocycles. The highest BCUT2D eigenvalue weighted by Crippen LogP contribution is 2.26. The van der Waals surface area contributed by atoms with Crippen molar-refractivity contribution in [2.75, 3.05) is 11.9 Å². The molecule has 2 aromatic rings. The fourth-order valence-electron chi connectivity index (χ4n) is 2.73. The summed E-state index contributed by atoms with van der Waals surface area (Å²) in [5.74, 6) is 0.351. The SMILES string of the molecule is Cc1cc(NC(=O)[C@@H]2CCCN2C(=O)c2ccc(Cl)cc2Cl)no1. The van der Waals surface area contributed by atoms with E-state index in [1.165, 1.54) is 11.0 Å². The monoisotopic (exact) mass is 367 g/mol. The Morgan fingerprint density at radius 1 is 1.33 bits per heavy atom. The molecule has 1 aromatic heterocycles. The summed E-state index contributed by atoms with van der Waals surface area (Å²) in [5, 5.41) is 7.13. The standard InChI is InChI=1S/C16H15Cl2N3O3/c1-9-7-14(20-24-9)19-15(22)13-3-2-6-21(13)16(23)11-5-4-10(17)8-12(11)18/h4-5,7-8,13H,2-3,6H2,1H3,(H,19,20,22)/t13-/m0/s1. The van der Waals surface area contributed by atoms with Gasteiger partial charge >= 0.3 is 0 Å². The predicted octanol–water partition coefficient (Wildman–Crippen LogP) is 3.53. The van der Waals surface area contributed by atoms with Gasteiger partial charge in [-0.2, -0.15) is 0 Å². The second kappa shape index (κ2) is 6.83. The Hall–Kier alpha value is -2.05. The van der Waals surface area contributed by atoms with Gasteiger partial charge in [-0.1, -0.05) is 28.4 Å². The topological polar surface area (TPSA) is 75.4 Å². The summed E-state index contributed by atoms with van der Waals surface area (Å²) in [7, 11) is 0. The molecule has 126 valence electrons. The van der Waals surface area contributed by atoms with Gasteiger partial charge in [-0.25, -0.2) is 0 Å². The van der Waals surface area contributed by atoms with Crippen LogP contribution in [-0.4, -0.2) is 34.5 Å². The molecular formula is C16H15Cl2N3O3. The molecule has 1 saturated heterocycles. The van der Waals surface area contributed by atoms with Gasteiger partial charge in [0.1, 0.15) is 11.8 Å². The Labute approximate surface area is 148 Å². The highest BCUT2D eigenvalue weighted by Gasteiger charge is 2.35. The van der Waals surface area contributed by atoms with Crippen LogP contribution in [0, 0.1) is 6.92 Å². The highest BCUT2D eigenvalue weighted by atomic mass is 35.5. The molecule has 0 unspecified atom stereocenters. The van der Waals surface area contributed by atoms with Crippen molar-refractivity contribution in [1.29, 1.82) is 0 Å². The lowest BCUT2D eigenvalue weighted by Gasteiger charge is -2.24. The van der Waals surface area contributed by atoms with E-state index < -0.39 is 6.04 Å². The van der Waals surface area contributed by atoms with Crippen LogP contribution >= 0.6 is 23.2 Å². The zero-order valence-corrected chi connectivity index (χ0v) is 14.4.